The van der Waals surface area contributed by atoms with E-state index in [9.17, 15) is 34.8 Å². The van der Waals surface area contributed by atoms with Crippen LogP contribution in [0.1, 0.15) is 31.1 Å². The van der Waals surface area contributed by atoms with Crippen molar-refractivity contribution in [3.05, 3.63) is 120 Å². The largest absolute Gasteiger partial charge is 0.452 e. The molecule has 0 bridgehead atoms. The molecule has 0 spiro atoms. The zero-order valence-electron chi connectivity index (χ0n) is 26.7. The molecule has 3 aromatic carbocycles. The van der Waals surface area contributed by atoms with E-state index in [0.717, 1.165) is 0 Å². The van der Waals surface area contributed by atoms with Crippen molar-refractivity contribution in [1.82, 2.24) is 0 Å². The number of rotatable bonds is 13. The second-order valence-electron chi connectivity index (χ2n) is 11.4. The number of hydrogen-bond donors (Lipinski definition) is 4. The first kappa shape index (κ1) is 36.8. The Hall–Kier alpha value is -4.51. The van der Waals surface area contributed by atoms with Crippen LogP contribution in [0.5, 0.6) is 0 Å². The Morgan fingerprint density at radius 1 is 0.600 bits per heavy atom. The summed E-state index contributed by atoms with van der Waals surface area (Å²) in [4.78, 5) is 40.5. The zero-order valence-corrected chi connectivity index (χ0v) is 26.7. The Morgan fingerprint density at radius 3 is 1.54 bits per heavy atom. The molecule has 14 heteroatoms. The molecular formula is C36H38O14. The van der Waals surface area contributed by atoms with Gasteiger partial charge in [-0.25, -0.2) is 14.4 Å². The molecule has 3 aromatic rings. The summed E-state index contributed by atoms with van der Waals surface area (Å²) in [5.74, 6) is -2.53. The van der Waals surface area contributed by atoms with Crippen molar-refractivity contribution in [3.8, 4) is 0 Å². The monoisotopic (exact) mass is 694 g/mol. The normalized spacial score (nSPS) is 29.4. The highest BCUT2D eigenvalue weighted by Crippen LogP contribution is 2.32. The van der Waals surface area contributed by atoms with Gasteiger partial charge in [-0.3, -0.25) is 0 Å². The summed E-state index contributed by atoms with van der Waals surface area (Å²) in [6.07, 6.45) is -14.1. The lowest BCUT2D eigenvalue weighted by atomic mass is 9.97. The van der Waals surface area contributed by atoms with Crippen LogP contribution in [0.15, 0.2) is 104 Å². The summed E-state index contributed by atoms with van der Waals surface area (Å²) in [6.45, 7) is 2.28. The number of esters is 3. The van der Waals surface area contributed by atoms with Crippen LogP contribution >= 0.6 is 0 Å². The van der Waals surface area contributed by atoms with E-state index in [1.165, 1.54) is 42.5 Å². The van der Waals surface area contributed by atoms with Gasteiger partial charge >= 0.3 is 17.9 Å². The van der Waals surface area contributed by atoms with E-state index in [4.69, 9.17) is 33.2 Å². The standard InChI is InChI=1S/C36H38O14/c1-2-18-44-36-31(50-34(43)23-16-10-5-11-17-23)30(49-33(42)22-14-8-4-9-15-22)29(48-32(41)21-12-6-3-7-13-21)25(47-36)20-45-35-28(40)27(39)26(38)24(19-37)46-35/h2-17,24-31,35-40H,1,18-20H2/t24-,25-,26-,27+,28+,29-,30+,31+,35+,36+/m1/s1. The summed E-state index contributed by atoms with van der Waals surface area (Å²) in [7, 11) is 0. The third-order valence-electron chi connectivity index (χ3n) is 8.00. The summed E-state index contributed by atoms with van der Waals surface area (Å²) in [5, 5.41) is 40.7. The maximum atomic E-state index is 13.6. The molecule has 14 nitrogen and oxygen atoms in total. The van der Waals surface area contributed by atoms with Crippen LogP contribution < -0.4 is 0 Å². The fourth-order valence-electron chi connectivity index (χ4n) is 5.40. The fourth-order valence-corrected chi connectivity index (χ4v) is 5.40. The van der Waals surface area contributed by atoms with E-state index < -0.39 is 92.5 Å². The predicted octanol–water partition coefficient (Wildman–Crippen LogP) is 1.41. The van der Waals surface area contributed by atoms with Gasteiger partial charge in [0.15, 0.2) is 30.9 Å². The first-order valence-electron chi connectivity index (χ1n) is 15.8. The fraction of sp³-hybridized carbons (Fsp3) is 0.361. The van der Waals surface area contributed by atoms with Gasteiger partial charge in [0.05, 0.1) is 36.5 Å². The van der Waals surface area contributed by atoms with Crippen molar-refractivity contribution in [2.24, 2.45) is 0 Å². The molecule has 50 heavy (non-hydrogen) atoms. The van der Waals surface area contributed by atoms with Gasteiger partial charge in [0.25, 0.3) is 0 Å². The van der Waals surface area contributed by atoms with Crippen LogP contribution in [-0.4, -0.2) is 120 Å². The third kappa shape index (κ3) is 8.79. The Bertz CT molecular complexity index is 1550. The molecule has 266 valence electrons. The molecule has 0 aromatic heterocycles. The maximum absolute atomic E-state index is 13.6. The lowest BCUT2D eigenvalue weighted by Crippen LogP contribution is -2.64. The van der Waals surface area contributed by atoms with Crippen LogP contribution in [0, 0.1) is 0 Å². The highest BCUT2D eigenvalue weighted by Gasteiger charge is 2.54. The number of aliphatic hydroxyl groups is 4. The van der Waals surface area contributed by atoms with Gasteiger partial charge < -0.3 is 53.6 Å². The van der Waals surface area contributed by atoms with Gasteiger partial charge in [0, 0.05) is 0 Å². The molecule has 0 radical (unpaired) electrons. The summed E-state index contributed by atoms with van der Waals surface area (Å²) < 4.78 is 41.1. The van der Waals surface area contributed by atoms with E-state index in [0.29, 0.717) is 0 Å². The maximum Gasteiger partial charge on any atom is 0.338 e. The number of carbonyl (C=O) groups is 3. The van der Waals surface area contributed by atoms with Gasteiger partial charge in [0.1, 0.15) is 30.5 Å². The number of aliphatic hydroxyl groups excluding tert-OH is 4. The average molecular weight is 695 g/mol. The van der Waals surface area contributed by atoms with Crippen molar-refractivity contribution in [2.45, 2.75) is 61.4 Å². The predicted molar refractivity (Wildman–Crippen MR) is 171 cm³/mol. The molecule has 0 saturated carbocycles. The molecular weight excluding hydrogens is 656 g/mol. The molecule has 2 fully saturated rings. The van der Waals surface area contributed by atoms with Crippen molar-refractivity contribution >= 4 is 17.9 Å². The third-order valence-corrected chi connectivity index (χ3v) is 8.00. The van der Waals surface area contributed by atoms with Crippen LogP contribution in [0.25, 0.3) is 0 Å². The second kappa shape index (κ2) is 17.4. The van der Waals surface area contributed by atoms with Crippen molar-refractivity contribution in [3.63, 3.8) is 0 Å². The average Bonchev–Trinajstić information content (AvgIpc) is 3.15. The minimum absolute atomic E-state index is 0.113. The highest BCUT2D eigenvalue weighted by atomic mass is 16.7. The van der Waals surface area contributed by atoms with E-state index >= 15 is 0 Å². The molecule has 2 aliphatic heterocycles. The number of ether oxygens (including phenoxy) is 7. The number of benzene rings is 3. The van der Waals surface area contributed by atoms with Crippen LogP contribution in [0.4, 0.5) is 0 Å². The highest BCUT2D eigenvalue weighted by molar-refractivity contribution is 5.91. The van der Waals surface area contributed by atoms with E-state index in [-0.39, 0.29) is 23.3 Å². The van der Waals surface area contributed by atoms with Gasteiger partial charge in [-0.1, -0.05) is 60.7 Å². The Morgan fingerprint density at radius 2 is 1.06 bits per heavy atom. The van der Waals surface area contributed by atoms with Crippen molar-refractivity contribution < 1.29 is 68.0 Å². The molecule has 0 unspecified atom stereocenters. The van der Waals surface area contributed by atoms with Gasteiger partial charge in [-0.2, -0.15) is 0 Å². The van der Waals surface area contributed by atoms with Crippen molar-refractivity contribution in [2.75, 3.05) is 19.8 Å². The van der Waals surface area contributed by atoms with Gasteiger partial charge in [-0.05, 0) is 36.4 Å². The molecule has 2 saturated heterocycles. The van der Waals surface area contributed by atoms with Gasteiger partial charge in [0.2, 0.25) is 0 Å². The molecule has 4 N–H and O–H groups in total. The van der Waals surface area contributed by atoms with Crippen LogP contribution in [0.3, 0.4) is 0 Å². The second-order valence-corrected chi connectivity index (χ2v) is 11.4. The lowest BCUT2D eigenvalue weighted by Gasteiger charge is -2.45. The molecule has 5 rings (SSSR count). The Labute approximate surface area is 287 Å². The Kier molecular flexibility index (Phi) is 12.8. The first-order chi connectivity index (χ1) is 24.2. The number of carbonyl (C=O) groups excluding carboxylic acids is 3. The van der Waals surface area contributed by atoms with E-state index in [1.54, 1.807) is 54.6 Å². The molecule has 2 heterocycles. The van der Waals surface area contributed by atoms with E-state index in [1.807, 2.05) is 0 Å². The first-order valence-corrected chi connectivity index (χ1v) is 15.8. The summed E-state index contributed by atoms with van der Waals surface area (Å²) >= 11 is 0. The van der Waals surface area contributed by atoms with Crippen LogP contribution in [-0.2, 0) is 33.2 Å². The topological polar surface area (TPSA) is 197 Å². The Balaban J connectivity index is 1.52. The quantitative estimate of drug-likeness (QED) is 0.114. The zero-order chi connectivity index (χ0) is 35.6. The summed E-state index contributed by atoms with van der Waals surface area (Å²) in [6, 6.07) is 23.9. The molecule has 2 aliphatic rings. The minimum atomic E-state index is -1.76. The van der Waals surface area contributed by atoms with Crippen molar-refractivity contribution in [1.29, 1.82) is 0 Å². The summed E-state index contributed by atoms with van der Waals surface area (Å²) in [5.41, 5.74) is 0.434. The molecule has 10 atom stereocenters. The van der Waals surface area contributed by atoms with E-state index in [2.05, 4.69) is 6.58 Å². The number of hydrogen-bond acceptors (Lipinski definition) is 14. The molecule has 0 amide bonds. The van der Waals surface area contributed by atoms with Crippen LogP contribution in [0.2, 0.25) is 0 Å². The van der Waals surface area contributed by atoms with Gasteiger partial charge in [-0.15, -0.1) is 6.58 Å². The lowest BCUT2D eigenvalue weighted by molar-refractivity contribution is -0.328. The minimum Gasteiger partial charge on any atom is -0.452 e. The SMILES string of the molecule is C=CCO[C@H]1O[C@H](CO[C@H]2O[C@H](CO)[C@@H](O)[C@H](O)[C@@H]2O)[C@@H](OC(=O)c2ccccc2)[C@H](OC(=O)c2ccccc2)[C@@H]1OC(=O)c1ccccc1. The smallest absolute Gasteiger partial charge is 0.338 e. The molecule has 0 aliphatic carbocycles.